The molecular weight excluding hydrogens is 460 g/mol. The number of hydrogen-bond acceptors (Lipinski definition) is 7. The zero-order valence-electron chi connectivity index (χ0n) is 19.3. The van der Waals surface area contributed by atoms with E-state index in [2.05, 4.69) is 25.9 Å². The molecule has 8 nitrogen and oxygen atoms in total. The summed E-state index contributed by atoms with van der Waals surface area (Å²) in [5, 5.41) is 3.10. The van der Waals surface area contributed by atoms with Gasteiger partial charge < -0.3 is 18.9 Å². The molecule has 6 rings (SSSR count). The minimum absolute atomic E-state index is 0.0190. The molecule has 35 heavy (non-hydrogen) atoms. The molecule has 0 N–H and O–H groups in total. The Morgan fingerprint density at radius 2 is 1.91 bits per heavy atom. The molecule has 0 aliphatic carbocycles. The van der Waals surface area contributed by atoms with E-state index in [0.29, 0.717) is 31.0 Å². The lowest BCUT2D eigenvalue weighted by atomic mass is 10.1. The average Bonchev–Trinajstić information content (AvgIpc) is 3.55. The van der Waals surface area contributed by atoms with Crippen molar-refractivity contribution in [3.8, 4) is 5.75 Å². The Morgan fingerprint density at radius 3 is 2.77 bits per heavy atom. The first kappa shape index (κ1) is 21.5. The fourth-order valence-corrected chi connectivity index (χ4v) is 5.24. The molecule has 0 spiro atoms. The third-order valence-corrected chi connectivity index (χ3v) is 7.15. The van der Waals surface area contributed by atoms with Gasteiger partial charge in [-0.3, -0.25) is 4.79 Å². The van der Waals surface area contributed by atoms with Crippen molar-refractivity contribution >= 4 is 38.9 Å². The van der Waals surface area contributed by atoms with E-state index in [1.807, 2.05) is 70.4 Å². The van der Waals surface area contributed by atoms with Crippen molar-refractivity contribution in [2.45, 2.75) is 13.5 Å². The van der Waals surface area contributed by atoms with Gasteiger partial charge in [0.1, 0.15) is 35.0 Å². The Bertz CT molecular complexity index is 1520. The average molecular weight is 485 g/mol. The number of amides is 1. The van der Waals surface area contributed by atoms with Crippen LogP contribution < -0.4 is 9.64 Å². The first-order valence-corrected chi connectivity index (χ1v) is 12.4. The molecule has 0 radical (unpaired) electrons. The van der Waals surface area contributed by atoms with Crippen LogP contribution in [0.1, 0.15) is 21.6 Å². The fourth-order valence-electron chi connectivity index (χ4n) is 4.52. The molecule has 5 heterocycles. The van der Waals surface area contributed by atoms with Gasteiger partial charge in [0.25, 0.3) is 5.91 Å². The molecule has 4 aromatic heterocycles. The van der Waals surface area contributed by atoms with Crippen LogP contribution in [-0.4, -0.2) is 56.3 Å². The zero-order valence-corrected chi connectivity index (χ0v) is 20.1. The predicted octanol–water partition coefficient (Wildman–Crippen LogP) is 4.19. The number of para-hydroxylation sites is 1. The Labute approximate surface area is 206 Å². The molecule has 9 heteroatoms. The maximum Gasteiger partial charge on any atom is 0.257 e. The Morgan fingerprint density at radius 1 is 1.06 bits per heavy atom. The Hall–Kier alpha value is -3.98. The number of rotatable bonds is 5. The van der Waals surface area contributed by atoms with Crippen LogP contribution in [-0.2, 0) is 6.61 Å². The molecule has 5 aromatic rings. The normalized spacial score (nSPS) is 14.1. The lowest BCUT2D eigenvalue weighted by Gasteiger charge is -2.35. The molecule has 1 amide bonds. The first-order chi connectivity index (χ1) is 17.2. The van der Waals surface area contributed by atoms with Crippen molar-refractivity contribution < 1.29 is 9.53 Å². The zero-order chi connectivity index (χ0) is 23.8. The third kappa shape index (κ3) is 4.08. The molecule has 1 fully saturated rings. The molecule has 0 unspecified atom stereocenters. The number of nitrogens with zero attached hydrogens (tertiary/aromatic N) is 6. The summed E-state index contributed by atoms with van der Waals surface area (Å²) in [6, 6.07) is 13.5. The van der Waals surface area contributed by atoms with Crippen LogP contribution in [0.15, 0.2) is 66.6 Å². The number of hydrogen-bond donors (Lipinski definition) is 0. The molecule has 1 aromatic carbocycles. The highest BCUT2D eigenvalue weighted by Crippen LogP contribution is 2.28. The van der Waals surface area contributed by atoms with E-state index in [9.17, 15) is 4.79 Å². The summed E-state index contributed by atoms with van der Waals surface area (Å²) in [5.41, 5.74) is 3.41. The SMILES string of the molecule is Cc1cccn2cc(COc3ccccc3C(=O)N3CCN(c4ncnc5sccc45)CC3)nc12. The van der Waals surface area contributed by atoms with Crippen molar-refractivity contribution in [3.05, 3.63) is 83.4 Å². The van der Waals surface area contributed by atoms with Crippen LogP contribution in [0, 0.1) is 6.92 Å². The van der Waals surface area contributed by atoms with Gasteiger partial charge in [0.2, 0.25) is 0 Å². The van der Waals surface area contributed by atoms with Gasteiger partial charge in [-0.1, -0.05) is 18.2 Å². The number of fused-ring (bicyclic) bond motifs is 2. The van der Waals surface area contributed by atoms with Crippen LogP contribution in [0.2, 0.25) is 0 Å². The van der Waals surface area contributed by atoms with Crippen molar-refractivity contribution in [3.63, 3.8) is 0 Å². The summed E-state index contributed by atoms with van der Waals surface area (Å²) < 4.78 is 8.08. The number of piperazine rings is 1. The highest BCUT2D eigenvalue weighted by Gasteiger charge is 2.26. The largest absolute Gasteiger partial charge is 0.486 e. The lowest BCUT2D eigenvalue weighted by molar-refractivity contribution is 0.0741. The number of imidazole rings is 1. The van der Waals surface area contributed by atoms with Gasteiger partial charge in [-0.25, -0.2) is 15.0 Å². The van der Waals surface area contributed by atoms with E-state index in [0.717, 1.165) is 46.0 Å². The van der Waals surface area contributed by atoms with E-state index in [1.54, 1.807) is 17.7 Å². The molecule has 1 aliphatic rings. The van der Waals surface area contributed by atoms with Gasteiger partial charge in [-0.05, 0) is 42.1 Å². The first-order valence-electron chi connectivity index (χ1n) is 11.5. The maximum atomic E-state index is 13.4. The quantitative estimate of drug-likeness (QED) is 0.372. The highest BCUT2D eigenvalue weighted by molar-refractivity contribution is 7.16. The smallest absolute Gasteiger partial charge is 0.257 e. The summed E-state index contributed by atoms with van der Waals surface area (Å²) in [7, 11) is 0. The van der Waals surface area contributed by atoms with E-state index in [-0.39, 0.29) is 5.91 Å². The fraction of sp³-hybridized carbons (Fsp3) is 0.231. The highest BCUT2D eigenvalue weighted by atomic mass is 32.1. The molecule has 1 aliphatic heterocycles. The van der Waals surface area contributed by atoms with Crippen molar-refractivity contribution in [1.29, 1.82) is 0 Å². The maximum absolute atomic E-state index is 13.4. The second kappa shape index (κ2) is 8.99. The summed E-state index contributed by atoms with van der Waals surface area (Å²) in [4.78, 5) is 32.0. The molecule has 0 atom stereocenters. The van der Waals surface area contributed by atoms with E-state index < -0.39 is 0 Å². The van der Waals surface area contributed by atoms with Crippen molar-refractivity contribution in [2.75, 3.05) is 31.1 Å². The summed E-state index contributed by atoms with van der Waals surface area (Å²) in [6.45, 7) is 5.01. The second-order valence-electron chi connectivity index (χ2n) is 8.56. The number of anilines is 1. The number of carbonyl (C=O) groups excluding carboxylic acids is 1. The van der Waals surface area contributed by atoms with E-state index in [4.69, 9.17) is 4.74 Å². The van der Waals surface area contributed by atoms with Gasteiger partial charge in [-0.15, -0.1) is 11.3 Å². The lowest BCUT2D eigenvalue weighted by Crippen LogP contribution is -2.49. The number of aryl methyl sites for hydroxylation is 1. The van der Waals surface area contributed by atoms with E-state index in [1.165, 1.54) is 0 Å². The molecular formula is C26H24N6O2S. The van der Waals surface area contributed by atoms with Gasteiger partial charge in [0.05, 0.1) is 16.6 Å². The Balaban J connectivity index is 1.15. The summed E-state index contributed by atoms with van der Waals surface area (Å²) >= 11 is 1.61. The Kier molecular flexibility index (Phi) is 5.54. The van der Waals surface area contributed by atoms with Crippen LogP contribution >= 0.6 is 11.3 Å². The van der Waals surface area contributed by atoms with Gasteiger partial charge >= 0.3 is 0 Å². The van der Waals surface area contributed by atoms with Crippen LogP contribution in [0.4, 0.5) is 5.82 Å². The minimum Gasteiger partial charge on any atom is -0.486 e. The topological polar surface area (TPSA) is 75.9 Å². The molecule has 1 saturated heterocycles. The monoisotopic (exact) mass is 484 g/mol. The van der Waals surface area contributed by atoms with Gasteiger partial charge in [0.15, 0.2) is 0 Å². The van der Waals surface area contributed by atoms with Crippen LogP contribution in [0.5, 0.6) is 5.75 Å². The van der Waals surface area contributed by atoms with E-state index >= 15 is 0 Å². The molecule has 0 saturated carbocycles. The summed E-state index contributed by atoms with van der Waals surface area (Å²) in [5.74, 6) is 1.49. The van der Waals surface area contributed by atoms with Crippen molar-refractivity contribution in [2.24, 2.45) is 0 Å². The molecule has 0 bridgehead atoms. The van der Waals surface area contributed by atoms with Gasteiger partial charge in [-0.2, -0.15) is 0 Å². The predicted molar refractivity (Wildman–Crippen MR) is 136 cm³/mol. The van der Waals surface area contributed by atoms with Crippen molar-refractivity contribution in [1.82, 2.24) is 24.3 Å². The van der Waals surface area contributed by atoms with Crippen LogP contribution in [0.3, 0.4) is 0 Å². The number of benzene rings is 1. The van der Waals surface area contributed by atoms with Crippen LogP contribution in [0.25, 0.3) is 15.9 Å². The molecule has 176 valence electrons. The third-order valence-electron chi connectivity index (χ3n) is 6.33. The standard InChI is InChI=1S/C26H24N6O2S/c1-18-5-4-9-32-15-19(29-23(18)32)16-34-22-7-3-2-6-20(22)26(33)31-12-10-30(11-13-31)24-21-8-14-35-25(21)28-17-27-24/h2-9,14-15,17H,10-13,16H2,1H3. The number of carbonyl (C=O) groups is 1. The van der Waals surface area contributed by atoms with Gasteiger partial charge in [0, 0.05) is 38.6 Å². The second-order valence-corrected chi connectivity index (χ2v) is 9.45. The number of pyridine rings is 1. The number of thiophene rings is 1. The minimum atomic E-state index is -0.0190. The number of aromatic nitrogens is 4. The summed E-state index contributed by atoms with van der Waals surface area (Å²) in [6.07, 6.45) is 5.55. The number of ether oxygens (including phenoxy) is 1.